The summed E-state index contributed by atoms with van der Waals surface area (Å²) in [7, 11) is 0. The number of esters is 1. The third-order valence-electron chi connectivity index (χ3n) is 3.97. The van der Waals surface area contributed by atoms with E-state index in [1.54, 1.807) is 25.1 Å². The Morgan fingerprint density at radius 2 is 2.17 bits per heavy atom. The minimum atomic E-state index is -0.360. The van der Waals surface area contributed by atoms with E-state index in [2.05, 4.69) is 5.32 Å². The van der Waals surface area contributed by atoms with E-state index in [-0.39, 0.29) is 11.9 Å². The molecule has 2 aromatic rings. The summed E-state index contributed by atoms with van der Waals surface area (Å²) in [5, 5.41) is 3.47. The second-order valence-corrected chi connectivity index (χ2v) is 6.94. The summed E-state index contributed by atoms with van der Waals surface area (Å²) in [6.07, 6.45) is 2.85. The lowest BCUT2D eigenvalue weighted by Gasteiger charge is -2.08. The Morgan fingerprint density at radius 3 is 2.92 bits per heavy atom. The average molecular weight is 364 g/mol. The highest BCUT2D eigenvalue weighted by Crippen LogP contribution is 2.39. The summed E-state index contributed by atoms with van der Waals surface area (Å²) in [6, 6.07) is 7.16. The minimum Gasteiger partial charge on any atom is -0.462 e. The van der Waals surface area contributed by atoms with E-state index in [0.717, 1.165) is 30.4 Å². The Labute approximate surface area is 149 Å². The van der Waals surface area contributed by atoms with Crippen LogP contribution in [0.1, 0.15) is 50.1 Å². The van der Waals surface area contributed by atoms with Gasteiger partial charge in [0.15, 0.2) is 0 Å². The van der Waals surface area contributed by atoms with Crippen LogP contribution >= 0.6 is 22.9 Å². The molecule has 6 heteroatoms. The molecule has 0 unspecified atom stereocenters. The third kappa shape index (κ3) is 3.32. The van der Waals surface area contributed by atoms with Gasteiger partial charge in [-0.3, -0.25) is 4.79 Å². The minimum absolute atomic E-state index is 0.243. The Kier molecular flexibility index (Phi) is 5.21. The molecule has 1 aromatic carbocycles. The zero-order valence-electron chi connectivity index (χ0n) is 13.4. The van der Waals surface area contributed by atoms with Gasteiger partial charge in [-0.2, -0.15) is 0 Å². The maximum atomic E-state index is 12.5. The predicted octanol–water partition coefficient (Wildman–Crippen LogP) is 4.40. The molecule has 1 heterocycles. The van der Waals surface area contributed by atoms with Crippen LogP contribution in [0.15, 0.2) is 24.3 Å². The number of nitrogens with one attached hydrogen (secondary N) is 1. The Hall–Kier alpha value is -1.85. The first-order valence-corrected chi connectivity index (χ1v) is 9.27. The number of carbonyl (C=O) groups excluding carboxylic acids is 2. The average Bonchev–Trinajstić information content (AvgIpc) is 3.15. The first kappa shape index (κ1) is 17.0. The van der Waals surface area contributed by atoms with Gasteiger partial charge in [0.25, 0.3) is 5.91 Å². The Bertz CT molecular complexity index is 785. The molecule has 0 atom stereocenters. The normalized spacial score (nSPS) is 12.8. The van der Waals surface area contributed by atoms with Crippen LogP contribution in [-0.4, -0.2) is 18.5 Å². The van der Waals surface area contributed by atoms with Gasteiger partial charge >= 0.3 is 5.97 Å². The van der Waals surface area contributed by atoms with Gasteiger partial charge in [0.1, 0.15) is 5.00 Å². The number of hydrogen-bond donors (Lipinski definition) is 1. The molecule has 1 aliphatic rings. The van der Waals surface area contributed by atoms with Gasteiger partial charge in [0.2, 0.25) is 0 Å². The number of rotatable bonds is 5. The fourth-order valence-electron chi connectivity index (χ4n) is 2.88. The SMILES string of the molecule is CCOC(=O)c1c(NC(=O)c2cccc(CCl)c2)sc2c1CCC2. The van der Waals surface area contributed by atoms with Crippen molar-refractivity contribution in [3.05, 3.63) is 51.4 Å². The molecule has 0 saturated heterocycles. The van der Waals surface area contributed by atoms with Gasteiger partial charge in [-0.1, -0.05) is 12.1 Å². The molecular weight excluding hydrogens is 346 g/mol. The molecular formula is C18H18ClNO3S. The summed E-state index contributed by atoms with van der Waals surface area (Å²) < 4.78 is 5.17. The molecule has 4 nitrogen and oxygen atoms in total. The zero-order valence-corrected chi connectivity index (χ0v) is 14.9. The lowest BCUT2D eigenvalue weighted by Crippen LogP contribution is -2.15. The van der Waals surface area contributed by atoms with Crippen molar-refractivity contribution in [3.8, 4) is 0 Å². The van der Waals surface area contributed by atoms with Gasteiger partial charge in [0.05, 0.1) is 12.2 Å². The molecule has 24 heavy (non-hydrogen) atoms. The molecule has 3 rings (SSSR count). The molecule has 1 amide bonds. The monoisotopic (exact) mass is 363 g/mol. The van der Waals surface area contributed by atoms with Crippen LogP contribution in [0.3, 0.4) is 0 Å². The van der Waals surface area contributed by atoms with Crippen molar-refractivity contribution in [1.82, 2.24) is 0 Å². The van der Waals surface area contributed by atoms with Crippen molar-refractivity contribution in [2.75, 3.05) is 11.9 Å². The molecule has 0 bridgehead atoms. The highest BCUT2D eigenvalue weighted by Gasteiger charge is 2.28. The maximum Gasteiger partial charge on any atom is 0.341 e. The standard InChI is InChI=1S/C18H18ClNO3S/c1-2-23-18(22)15-13-7-4-8-14(13)24-17(15)20-16(21)12-6-3-5-11(9-12)10-19/h3,5-6,9H,2,4,7-8,10H2,1H3,(H,20,21). The summed E-state index contributed by atoms with van der Waals surface area (Å²) in [5.41, 5.74) is 2.96. The van der Waals surface area contributed by atoms with E-state index < -0.39 is 0 Å². The van der Waals surface area contributed by atoms with Gasteiger partial charge in [-0.05, 0) is 49.4 Å². The van der Waals surface area contributed by atoms with Crippen LogP contribution in [-0.2, 0) is 23.5 Å². The van der Waals surface area contributed by atoms with E-state index in [0.29, 0.717) is 28.6 Å². The molecule has 0 radical (unpaired) electrons. The smallest absolute Gasteiger partial charge is 0.341 e. The van der Waals surface area contributed by atoms with Crippen LogP contribution in [0.4, 0.5) is 5.00 Å². The van der Waals surface area contributed by atoms with Crippen LogP contribution in [0.5, 0.6) is 0 Å². The van der Waals surface area contributed by atoms with E-state index in [4.69, 9.17) is 16.3 Å². The summed E-state index contributed by atoms with van der Waals surface area (Å²) in [4.78, 5) is 26.0. The number of ether oxygens (including phenoxy) is 1. The molecule has 1 aliphatic carbocycles. The van der Waals surface area contributed by atoms with E-state index in [9.17, 15) is 9.59 Å². The van der Waals surface area contributed by atoms with Crippen molar-refractivity contribution in [2.24, 2.45) is 0 Å². The van der Waals surface area contributed by atoms with E-state index in [1.807, 2.05) is 6.07 Å². The fourth-order valence-corrected chi connectivity index (χ4v) is 4.32. The highest BCUT2D eigenvalue weighted by atomic mass is 35.5. The zero-order chi connectivity index (χ0) is 17.1. The van der Waals surface area contributed by atoms with Crippen LogP contribution in [0.2, 0.25) is 0 Å². The number of aryl methyl sites for hydroxylation is 1. The maximum absolute atomic E-state index is 12.5. The second-order valence-electron chi connectivity index (χ2n) is 5.57. The Balaban J connectivity index is 1.89. The largest absolute Gasteiger partial charge is 0.462 e. The number of benzene rings is 1. The van der Waals surface area contributed by atoms with Crippen molar-refractivity contribution >= 4 is 39.8 Å². The van der Waals surface area contributed by atoms with E-state index >= 15 is 0 Å². The second kappa shape index (κ2) is 7.36. The van der Waals surface area contributed by atoms with Crippen molar-refractivity contribution in [3.63, 3.8) is 0 Å². The molecule has 126 valence electrons. The number of carbonyl (C=O) groups is 2. The number of anilines is 1. The topological polar surface area (TPSA) is 55.4 Å². The van der Waals surface area contributed by atoms with Crippen LogP contribution in [0.25, 0.3) is 0 Å². The van der Waals surface area contributed by atoms with Gasteiger partial charge < -0.3 is 10.1 Å². The molecule has 1 aromatic heterocycles. The predicted molar refractivity (Wildman–Crippen MR) is 96.3 cm³/mol. The number of hydrogen-bond acceptors (Lipinski definition) is 4. The van der Waals surface area contributed by atoms with Crippen LogP contribution < -0.4 is 5.32 Å². The van der Waals surface area contributed by atoms with Crippen molar-refractivity contribution in [2.45, 2.75) is 32.1 Å². The van der Waals surface area contributed by atoms with Gasteiger partial charge in [-0.25, -0.2) is 4.79 Å². The molecule has 0 fully saturated rings. The summed E-state index contributed by atoms with van der Waals surface area (Å²) >= 11 is 7.30. The Morgan fingerprint density at radius 1 is 1.33 bits per heavy atom. The highest BCUT2D eigenvalue weighted by molar-refractivity contribution is 7.17. The molecule has 0 aliphatic heterocycles. The lowest BCUT2D eigenvalue weighted by atomic mass is 10.1. The molecule has 0 spiro atoms. The van der Waals surface area contributed by atoms with Crippen molar-refractivity contribution in [1.29, 1.82) is 0 Å². The lowest BCUT2D eigenvalue weighted by molar-refractivity contribution is 0.0527. The number of fused-ring (bicyclic) bond motifs is 1. The third-order valence-corrected chi connectivity index (χ3v) is 5.49. The van der Waals surface area contributed by atoms with E-state index in [1.165, 1.54) is 16.2 Å². The summed E-state index contributed by atoms with van der Waals surface area (Å²) in [5.74, 6) is -0.253. The number of alkyl halides is 1. The molecule has 1 N–H and O–H groups in total. The number of thiophene rings is 1. The quantitative estimate of drug-likeness (QED) is 0.632. The summed E-state index contributed by atoms with van der Waals surface area (Å²) in [6.45, 7) is 2.09. The number of halogens is 1. The fraction of sp³-hybridized carbons (Fsp3) is 0.333. The van der Waals surface area contributed by atoms with Crippen LogP contribution in [0, 0.1) is 0 Å². The van der Waals surface area contributed by atoms with Gasteiger partial charge in [-0.15, -0.1) is 22.9 Å². The molecule has 0 saturated carbocycles. The number of amides is 1. The first-order valence-electron chi connectivity index (χ1n) is 7.92. The first-order chi connectivity index (χ1) is 11.6. The van der Waals surface area contributed by atoms with Crippen molar-refractivity contribution < 1.29 is 14.3 Å². The van der Waals surface area contributed by atoms with Gasteiger partial charge in [0, 0.05) is 16.3 Å².